The molecule has 6 rings (SSSR count). The smallest absolute Gasteiger partial charge is 0.182 e. The van der Waals surface area contributed by atoms with Gasteiger partial charge in [0.05, 0.1) is 36.8 Å². The maximum Gasteiger partial charge on any atom is 0.182 e. The molecule has 0 N–H and O–H groups in total. The molecule has 10 heteroatoms. The molecule has 2 atom stereocenters. The number of rotatable bonds is 4. The Morgan fingerprint density at radius 2 is 1.82 bits per heavy atom. The predicted octanol–water partition coefficient (Wildman–Crippen LogP) is 4.86. The Balaban J connectivity index is 1.41. The normalized spacial score (nSPS) is 20.7. The Morgan fingerprint density at radius 1 is 1.03 bits per heavy atom. The largest absolute Gasteiger partial charge is 0.375 e. The Kier molecular flexibility index (Phi) is 5.28. The lowest BCUT2D eigenvalue weighted by Crippen LogP contribution is -2.27. The number of nitrogens with zero attached hydrogens (tertiary/aromatic N) is 6. The van der Waals surface area contributed by atoms with Gasteiger partial charge >= 0.3 is 0 Å². The second-order valence-electron chi connectivity index (χ2n) is 8.76. The SMILES string of the molecule is Cc1nc2nc([C@H]3COC[C@H](c4cnn(C5CC5)c4)O3)nc(-c3ccc(Cl)cc3F)c2nc1C. The molecule has 1 aliphatic carbocycles. The molecule has 8 nitrogen and oxygen atoms in total. The Morgan fingerprint density at radius 3 is 2.62 bits per heavy atom. The molecule has 4 aromatic rings. The molecule has 0 amide bonds. The molecule has 0 bridgehead atoms. The van der Waals surface area contributed by atoms with E-state index in [1.54, 1.807) is 12.1 Å². The lowest BCUT2D eigenvalue weighted by molar-refractivity contribution is -0.145. The average molecular weight is 481 g/mol. The maximum absolute atomic E-state index is 14.9. The van der Waals surface area contributed by atoms with Gasteiger partial charge in [0.2, 0.25) is 0 Å². The molecule has 4 heterocycles. The van der Waals surface area contributed by atoms with Crippen molar-refractivity contribution >= 4 is 22.8 Å². The van der Waals surface area contributed by atoms with Crippen LogP contribution in [0.15, 0.2) is 30.6 Å². The topological polar surface area (TPSA) is 87.8 Å². The summed E-state index contributed by atoms with van der Waals surface area (Å²) >= 11 is 5.98. The number of hydrogen-bond donors (Lipinski definition) is 0. The van der Waals surface area contributed by atoms with E-state index in [0.717, 1.165) is 29.8 Å². The second kappa shape index (κ2) is 8.33. The van der Waals surface area contributed by atoms with Gasteiger partial charge in [0, 0.05) is 22.3 Å². The molecule has 1 saturated heterocycles. The summed E-state index contributed by atoms with van der Waals surface area (Å²) in [6.07, 6.45) is 5.29. The van der Waals surface area contributed by atoms with Crippen LogP contribution in [0.3, 0.4) is 0 Å². The number of benzene rings is 1. The minimum absolute atomic E-state index is 0.273. The van der Waals surface area contributed by atoms with Gasteiger partial charge in [0.25, 0.3) is 0 Å². The van der Waals surface area contributed by atoms with Gasteiger partial charge in [-0.25, -0.2) is 24.3 Å². The van der Waals surface area contributed by atoms with Crippen molar-refractivity contribution in [3.05, 3.63) is 64.2 Å². The summed E-state index contributed by atoms with van der Waals surface area (Å²) in [6, 6.07) is 4.95. The molecule has 2 aliphatic rings. The molecule has 174 valence electrons. The lowest BCUT2D eigenvalue weighted by Gasteiger charge is -2.29. The third kappa shape index (κ3) is 3.93. The standard InChI is InChI=1S/C24H22ClFN6O2/c1-12-13(2)29-24-22(28-12)21(17-6-3-15(25)7-18(17)26)30-23(31-24)20-11-33-10-19(34-20)14-8-27-32(9-14)16-4-5-16/h3,6-9,16,19-20H,4-5,10-11H2,1-2H3/t19-,20-/m1/s1. The van der Waals surface area contributed by atoms with Crippen molar-refractivity contribution in [3.8, 4) is 11.3 Å². The van der Waals surface area contributed by atoms with Crippen LogP contribution in [0, 0.1) is 19.7 Å². The van der Waals surface area contributed by atoms with Crippen LogP contribution < -0.4 is 0 Å². The number of ether oxygens (including phenoxy) is 2. The number of fused-ring (bicyclic) bond motifs is 1. The van der Waals surface area contributed by atoms with Crippen molar-refractivity contribution in [2.75, 3.05) is 13.2 Å². The van der Waals surface area contributed by atoms with E-state index in [0.29, 0.717) is 40.4 Å². The quantitative estimate of drug-likeness (QED) is 0.412. The van der Waals surface area contributed by atoms with Crippen LogP contribution in [0.4, 0.5) is 4.39 Å². The molecule has 2 fully saturated rings. The molecular formula is C24H22ClFN6O2. The van der Waals surface area contributed by atoms with Gasteiger partial charge < -0.3 is 9.47 Å². The van der Waals surface area contributed by atoms with E-state index < -0.39 is 11.9 Å². The first-order chi connectivity index (χ1) is 16.5. The van der Waals surface area contributed by atoms with Gasteiger partial charge in [0.15, 0.2) is 11.5 Å². The van der Waals surface area contributed by atoms with Gasteiger partial charge in [-0.05, 0) is 44.9 Å². The molecule has 1 aromatic carbocycles. The zero-order chi connectivity index (χ0) is 23.4. The van der Waals surface area contributed by atoms with E-state index in [-0.39, 0.29) is 18.3 Å². The van der Waals surface area contributed by atoms with Gasteiger partial charge in [-0.3, -0.25) is 4.68 Å². The van der Waals surface area contributed by atoms with Crippen molar-refractivity contribution in [1.29, 1.82) is 0 Å². The predicted molar refractivity (Wildman–Crippen MR) is 123 cm³/mol. The summed E-state index contributed by atoms with van der Waals surface area (Å²) < 4.78 is 29.1. The van der Waals surface area contributed by atoms with Gasteiger partial charge in [0.1, 0.15) is 29.2 Å². The fourth-order valence-corrected chi connectivity index (χ4v) is 4.23. The summed E-state index contributed by atoms with van der Waals surface area (Å²) in [4.78, 5) is 18.6. The number of aryl methyl sites for hydroxylation is 2. The Hall–Kier alpha value is -3.01. The maximum atomic E-state index is 14.9. The van der Waals surface area contributed by atoms with Crippen LogP contribution in [-0.2, 0) is 9.47 Å². The fraction of sp³-hybridized carbons (Fsp3) is 0.375. The van der Waals surface area contributed by atoms with Gasteiger partial charge in [-0.15, -0.1) is 0 Å². The summed E-state index contributed by atoms with van der Waals surface area (Å²) in [5.74, 6) is -0.127. The molecule has 0 radical (unpaired) electrons. The average Bonchev–Trinajstić information content (AvgIpc) is 3.56. The number of hydrogen-bond acceptors (Lipinski definition) is 7. The van der Waals surface area contributed by atoms with Gasteiger partial charge in [-0.1, -0.05) is 11.6 Å². The molecular weight excluding hydrogens is 459 g/mol. The molecule has 0 spiro atoms. The molecule has 3 aromatic heterocycles. The Bertz CT molecular complexity index is 1410. The first-order valence-corrected chi connectivity index (χ1v) is 11.6. The first-order valence-electron chi connectivity index (χ1n) is 11.2. The molecule has 0 unspecified atom stereocenters. The monoisotopic (exact) mass is 480 g/mol. The summed E-state index contributed by atoms with van der Waals surface area (Å²) in [7, 11) is 0. The van der Waals surface area contributed by atoms with Crippen molar-refractivity contribution in [1.82, 2.24) is 29.7 Å². The van der Waals surface area contributed by atoms with Crippen molar-refractivity contribution in [3.63, 3.8) is 0 Å². The van der Waals surface area contributed by atoms with Crippen molar-refractivity contribution < 1.29 is 13.9 Å². The second-order valence-corrected chi connectivity index (χ2v) is 9.19. The zero-order valence-electron chi connectivity index (χ0n) is 18.7. The zero-order valence-corrected chi connectivity index (χ0v) is 19.5. The highest BCUT2D eigenvalue weighted by atomic mass is 35.5. The van der Waals surface area contributed by atoms with Gasteiger partial charge in [-0.2, -0.15) is 5.10 Å². The highest BCUT2D eigenvalue weighted by molar-refractivity contribution is 6.30. The van der Waals surface area contributed by atoms with E-state index in [1.165, 1.54) is 6.07 Å². The minimum atomic E-state index is -0.551. The number of halogens is 2. The van der Waals surface area contributed by atoms with E-state index in [2.05, 4.69) is 20.1 Å². The molecule has 1 saturated carbocycles. The van der Waals surface area contributed by atoms with E-state index >= 15 is 0 Å². The first kappa shape index (κ1) is 21.5. The van der Waals surface area contributed by atoms with Crippen LogP contribution in [0.5, 0.6) is 0 Å². The molecule has 1 aliphatic heterocycles. The van der Waals surface area contributed by atoms with Crippen molar-refractivity contribution in [2.45, 2.75) is 44.9 Å². The third-order valence-corrected chi connectivity index (χ3v) is 6.45. The lowest BCUT2D eigenvalue weighted by atomic mass is 10.1. The van der Waals surface area contributed by atoms with Crippen LogP contribution in [-0.4, -0.2) is 42.9 Å². The fourth-order valence-electron chi connectivity index (χ4n) is 4.07. The third-order valence-electron chi connectivity index (χ3n) is 6.22. The summed E-state index contributed by atoms with van der Waals surface area (Å²) in [5.41, 5.74) is 3.84. The minimum Gasteiger partial charge on any atom is -0.375 e. The van der Waals surface area contributed by atoms with Crippen LogP contribution in [0.25, 0.3) is 22.4 Å². The highest BCUT2D eigenvalue weighted by Gasteiger charge is 2.31. The Labute approximate surface area is 200 Å². The molecule has 34 heavy (non-hydrogen) atoms. The summed E-state index contributed by atoms with van der Waals surface area (Å²) in [6.45, 7) is 4.40. The van der Waals surface area contributed by atoms with Crippen molar-refractivity contribution in [2.24, 2.45) is 0 Å². The summed E-state index contributed by atoms with van der Waals surface area (Å²) in [5, 5.41) is 4.76. The van der Waals surface area contributed by atoms with Crippen LogP contribution in [0.1, 0.15) is 53.9 Å². The van der Waals surface area contributed by atoms with E-state index in [1.807, 2.05) is 30.9 Å². The van der Waals surface area contributed by atoms with Crippen LogP contribution in [0.2, 0.25) is 5.02 Å². The van der Waals surface area contributed by atoms with E-state index in [9.17, 15) is 4.39 Å². The van der Waals surface area contributed by atoms with Crippen LogP contribution >= 0.6 is 11.6 Å². The van der Waals surface area contributed by atoms with E-state index in [4.69, 9.17) is 26.1 Å². The highest BCUT2D eigenvalue weighted by Crippen LogP contribution is 2.37. The number of aromatic nitrogens is 6.